The summed E-state index contributed by atoms with van der Waals surface area (Å²) in [4.78, 5) is 20.8. The van der Waals surface area contributed by atoms with Gasteiger partial charge in [0.1, 0.15) is 11.6 Å². The summed E-state index contributed by atoms with van der Waals surface area (Å²) in [6.45, 7) is 3.78. The van der Waals surface area contributed by atoms with E-state index < -0.39 is 5.54 Å². The molecular formula is C19H21N5O2. The van der Waals surface area contributed by atoms with Gasteiger partial charge >= 0.3 is 0 Å². The maximum Gasteiger partial charge on any atom is 0.240 e. The summed E-state index contributed by atoms with van der Waals surface area (Å²) in [6, 6.07) is 10.1. The quantitative estimate of drug-likeness (QED) is 0.882. The highest BCUT2D eigenvalue weighted by molar-refractivity contribution is 5.94. The second-order valence-electron chi connectivity index (χ2n) is 6.82. The Morgan fingerprint density at radius 1 is 1.27 bits per heavy atom. The molecule has 4 rings (SSSR count). The zero-order valence-corrected chi connectivity index (χ0v) is 14.5. The van der Waals surface area contributed by atoms with Crippen molar-refractivity contribution in [2.24, 2.45) is 5.73 Å². The molecule has 2 N–H and O–H groups in total. The highest BCUT2D eigenvalue weighted by Crippen LogP contribution is 2.32. The van der Waals surface area contributed by atoms with Crippen LogP contribution in [0.2, 0.25) is 0 Å². The third-order valence-corrected chi connectivity index (χ3v) is 5.53. The third-order valence-electron chi connectivity index (χ3n) is 5.53. The lowest BCUT2D eigenvalue weighted by atomic mass is 9.94. The Labute approximate surface area is 151 Å². The lowest BCUT2D eigenvalue weighted by molar-refractivity contribution is -0.130. The number of pyridine rings is 1. The lowest BCUT2D eigenvalue weighted by Gasteiger charge is -2.44. The standard InChI is InChI=1S/C19H21N5O2/c20-11-14-12-22-16-4-2-1-3-15(16)17(14)23-6-8-24(9-7-23)19(18(21)25)5-10-26-13-19/h1-4,12H,5-10,13H2,(H2,21,25). The molecule has 1 aromatic heterocycles. The zero-order chi connectivity index (χ0) is 18.1. The average Bonchev–Trinajstić information content (AvgIpc) is 3.18. The predicted molar refractivity (Wildman–Crippen MR) is 97.6 cm³/mol. The Morgan fingerprint density at radius 3 is 2.69 bits per heavy atom. The van der Waals surface area contributed by atoms with Gasteiger partial charge in [-0.05, 0) is 6.07 Å². The summed E-state index contributed by atoms with van der Waals surface area (Å²) < 4.78 is 5.47. The summed E-state index contributed by atoms with van der Waals surface area (Å²) in [6.07, 6.45) is 2.28. The largest absolute Gasteiger partial charge is 0.379 e. The topological polar surface area (TPSA) is 95.5 Å². The van der Waals surface area contributed by atoms with Gasteiger partial charge in [0.2, 0.25) is 5.91 Å². The van der Waals surface area contributed by atoms with Gasteiger partial charge in [0.05, 0.1) is 23.4 Å². The number of carbonyl (C=O) groups is 1. The van der Waals surface area contributed by atoms with E-state index in [4.69, 9.17) is 10.5 Å². The summed E-state index contributed by atoms with van der Waals surface area (Å²) >= 11 is 0. The number of nitrogens with zero attached hydrogens (tertiary/aromatic N) is 4. The van der Waals surface area contributed by atoms with E-state index in [0.717, 1.165) is 29.7 Å². The molecule has 1 amide bonds. The van der Waals surface area contributed by atoms with Crippen LogP contribution in [0.4, 0.5) is 5.69 Å². The van der Waals surface area contributed by atoms with Crippen molar-refractivity contribution in [1.29, 1.82) is 5.26 Å². The number of ether oxygens (including phenoxy) is 1. The SMILES string of the molecule is N#Cc1cnc2ccccc2c1N1CCN(C2(C(N)=O)CCOC2)CC1. The molecule has 2 aliphatic heterocycles. The van der Waals surface area contributed by atoms with Crippen molar-refractivity contribution >= 4 is 22.5 Å². The smallest absolute Gasteiger partial charge is 0.240 e. The van der Waals surface area contributed by atoms with Crippen LogP contribution in [0.5, 0.6) is 0 Å². The van der Waals surface area contributed by atoms with Gasteiger partial charge in [0.25, 0.3) is 0 Å². The second-order valence-corrected chi connectivity index (χ2v) is 6.82. The Hall–Kier alpha value is -2.69. The van der Waals surface area contributed by atoms with Gasteiger partial charge in [-0.1, -0.05) is 18.2 Å². The summed E-state index contributed by atoms with van der Waals surface area (Å²) in [5.74, 6) is -0.310. The number of aromatic nitrogens is 1. The van der Waals surface area contributed by atoms with Crippen LogP contribution in [0.15, 0.2) is 30.5 Å². The molecule has 7 nitrogen and oxygen atoms in total. The molecule has 0 saturated carbocycles. The first-order valence-corrected chi connectivity index (χ1v) is 8.81. The number of fused-ring (bicyclic) bond motifs is 1. The first kappa shape index (κ1) is 16.8. The molecule has 2 saturated heterocycles. The van der Waals surface area contributed by atoms with E-state index in [-0.39, 0.29) is 5.91 Å². The first-order valence-electron chi connectivity index (χ1n) is 8.81. The Morgan fingerprint density at radius 2 is 2.04 bits per heavy atom. The molecule has 2 aliphatic rings. The molecule has 1 atom stereocenters. The fraction of sp³-hybridized carbons (Fsp3) is 0.421. The highest BCUT2D eigenvalue weighted by atomic mass is 16.5. The second kappa shape index (κ2) is 6.56. The van der Waals surface area contributed by atoms with Gasteiger partial charge in [0.15, 0.2) is 0 Å². The van der Waals surface area contributed by atoms with E-state index >= 15 is 0 Å². The minimum Gasteiger partial charge on any atom is -0.379 e. The Balaban J connectivity index is 1.62. The number of anilines is 1. The van der Waals surface area contributed by atoms with E-state index in [0.29, 0.717) is 38.3 Å². The molecule has 26 heavy (non-hydrogen) atoms. The molecule has 134 valence electrons. The molecular weight excluding hydrogens is 330 g/mol. The molecule has 1 unspecified atom stereocenters. The van der Waals surface area contributed by atoms with Crippen LogP contribution in [0.3, 0.4) is 0 Å². The van der Waals surface area contributed by atoms with E-state index in [1.165, 1.54) is 0 Å². The van der Waals surface area contributed by atoms with Gasteiger partial charge in [-0.2, -0.15) is 5.26 Å². The van der Waals surface area contributed by atoms with Gasteiger partial charge < -0.3 is 15.4 Å². The average molecular weight is 351 g/mol. The van der Waals surface area contributed by atoms with E-state index in [2.05, 4.69) is 20.9 Å². The number of benzene rings is 1. The van der Waals surface area contributed by atoms with E-state index in [9.17, 15) is 10.1 Å². The van der Waals surface area contributed by atoms with Crippen molar-refractivity contribution in [3.63, 3.8) is 0 Å². The Kier molecular flexibility index (Phi) is 4.23. The van der Waals surface area contributed by atoms with Crippen molar-refractivity contribution in [1.82, 2.24) is 9.88 Å². The monoisotopic (exact) mass is 351 g/mol. The zero-order valence-electron chi connectivity index (χ0n) is 14.5. The summed E-state index contributed by atoms with van der Waals surface area (Å²) in [5, 5.41) is 10.5. The maximum atomic E-state index is 12.1. The number of nitrogens with two attached hydrogens (primary N) is 1. The van der Waals surface area contributed by atoms with Crippen molar-refractivity contribution in [3.05, 3.63) is 36.0 Å². The van der Waals surface area contributed by atoms with E-state index in [1.807, 2.05) is 24.3 Å². The van der Waals surface area contributed by atoms with Gasteiger partial charge in [-0.15, -0.1) is 0 Å². The number of carbonyl (C=O) groups excluding carboxylic acids is 1. The van der Waals surface area contributed by atoms with Crippen molar-refractivity contribution < 1.29 is 9.53 Å². The van der Waals surface area contributed by atoms with Crippen molar-refractivity contribution in [2.75, 3.05) is 44.3 Å². The number of primary amides is 1. The van der Waals surface area contributed by atoms with Crippen LogP contribution >= 0.6 is 0 Å². The molecule has 3 heterocycles. The van der Waals surface area contributed by atoms with Crippen LogP contribution in [0.25, 0.3) is 10.9 Å². The van der Waals surface area contributed by atoms with Crippen LogP contribution < -0.4 is 10.6 Å². The number of para-hydroxylation sites is 1. The highest BCUT2D eigenvalue weighted by Gasteiger charge is 2.46. The summed E-state index contributed by atoms with van der Waals surface area (Å²) in [7, 11) is 0. The molecule has 7 heteroatoms. The molecule has 0 aliphatic carbocycles. The normalized spacial score (nSPS) is 23.9. The fourth-order valence-corrected chi connectivity index (χ4v) is 4.06. The van der Waals surface area contributed by atoms with Crippen LogP contribution in [-0.2, 0) is 9.53 Å². The van der Waals surface area contributed by atoms with Crippen LogP contribution in [-0.4, -0.2) is 60.7 Å². The fourth-order valence-electron chi connectivity index (χ4n) is 4.06. The number of hydrogen-bond acceptors (Lipinski definition) is 6. The molecule has 1 aromatic carbocycles. The van der Waals surface area contributed by atoms with Crippen LogP contribution in [0.1, 0.15) is 12.0 Å². The minimum absolute atomic E-state index is 0.310. The van der Waals surface area contributed by atoms with Crippen molar-refractivity contribution in [3.8, 4) is 6.07 Å². The van der Waals surface area contributed by atoms with Gasteiger partial charge in [-0.3, -0.25) is 14.7 Å². The number of hydrogen-bond donors (Lipinski definition) is 1. The lowest BCUT2D eigenvalue weighted by Crippen LogP contribution is -2.63. The van der Waals surface area contributed by atoms with Gasteiger partial charge in [-0.25, -0.2) is 0 Å². The van der Waals surface area contributed by atoms with Gasteiger partial charge in [0, 0.05) is 50.8 Å². The van der Waals surface area contributed by atoms with Crippen LogP contribution in [0, 0.1) is 11.3 Å². The molecule has 2 fully saturated rings. The number of nitriles is 1. The number of rotatable bonds is 3. The first-order chi connectivity index (χ1) is 12.7. The molecule has 0 spiro atoms. The summed E-state index contributed by atoms with van der Waals surface area (Å²) in [5.41, 5.74) is 7.39. The molecule has 2 aromatic rings. The minimum atomic E-state index is -0.690. The number of amides is 1. The molecule has 0 bridgehead atoms. The molecule has 0 radical (unpaired) electrons. The predicted octanol–water partition coefficient (Wildman–Crippen LogP) is 0.873. The Bertz CT molecular complexity index is 877. The third kappa shape index (κ3) is 2.59. The number of piperazine rings is 1. The maximum absolute atomic E-state index is 12.1. The van der Waals surface area contributed by atoms with Crippen molar-refractivity contribution in [2.45, 2.75) is 12.0 Å². The van der Waals surface area contributed by atoms with E-state index in [1.54, 1.807) is 6.20 Å².